The largest absolute Gasteiger partial charge is 0.497 e. The third-order valence-electron chi connectivity index (χ3n) is 5.56. The molecule has 166 valence electrons. The predicted molar refractivity (Wildman–Crippen MR) is 135 cm³/mol. The average Bonchev–Trinajstić information content (AvgIpc) is 2.82. The van der Waals surface area contributed by atoms with Gasteiger partial charge >= 0.3 is 0 Å². The van der Waals surface area contributed by atoms with Crippen LogP contribution in [0.25, 0.3) is 10.8 Å². The molecule has 0 atom stereocenters. The zero-order valence-electron chi connectivity index (χ0n) is 18.6. The Labute approximate surface area is 196 Å². The maximum absolute atomic E-state index is 6.26. The quantitative estimate of drug-likeness (QED) is 0.297. The van der Waals surface area contributed by atoms with E-state index < -0.39 is 0 Å². The fourth-order valence-electron chi connectivity index (χ4n) is 3.72. The van der Waals surface area contributed by atoms with Gasteiger partial charge in [-0.25, -0.2) is 0 Å². The summed E-state index contributed by atoms with van der Waals surface area (Å²) >= 11 is 0. The number of hydrogen-bond acceptors (Lipinski definition) is 3. The lowest BCUT2D eigenvalue weighted by Gasteiger charge is -2.15. The topological polar surface area (TPSA) is 30.5 Å². The molecule has 0 aliphatic heterocycles. The lowest BCUT2D eigenvalue weighted by molar-refractivity contribution is 0.303. The number of halogens is 1. The summed E-state index contributed by atoms with van der Waals surface area (Å²) in [6, 6.07) is 29.5. The molecule has 0 radical (unpaired) electrons. The van der Waals surface area contributed by atoms with E-state index in [0.717, 1.165) is 31.0 Å². The summed E-state index contributed by atoms with van der Waals surface area (Å²) in [7, 11) is 1.69. The minimum absolute atomic E-state index is 0. The molecular formula is C28H30ClNO2. The van der Waals surface area contributed by atoms with Crippen LogP contribution in [0.5, 0.6) is 11.5 Å². The van der Waals surface area contributed by atoms with Crippen LogP contribution in [-0.4, -0.2) is 13.7 Å². The molecule has 0 heterocycles. The van der Waals surface area contributed by atoms with E-state index in [9.17, 15) is 0 Å². The van der Waals surface area contributed by atoms with Gasteiger partial charge in [-0.15, -0.1) is 12.4 Å². The van der Waals surface area contributed by atoms with Gasteiger partial charge in [-0.3, -0.25) is 0 Å². The monoisotopic (exact) mass is 447 g/mol. The first-order chi connectivity index (χ1) is 15.2. The Morgan fingerprint density at radius 3 is 2.25 bits per heavy atom. The summed E-state index contributed by atoms with van der Waals surface area (Å²) in [4.78, 5) is 0. The van der Waals surface area contributed by atoms with Crippen LogP contribution in [0.1, 0.15) is 22.3 Å². The molecule has 0 saturated carbocycles. The molecule has 0 saturated heterocycles. The molecule has 32 heavy (non-hydrogen) atoms. The second-order valence-corrected chi connectivity index (χ2v) is 7.81. The van der Waals surface area contributed by atoms with Gasteiger partial charge in [0.2, 0.25) is 0 Å². The first-order valence-electron chi connectivity index (χ1n) is 10.8. The van der Waals surface area contributed by atoms with Crippen LogP contribution < -0.4 is 14.8 Å². The highest BCUT2D eigenvalue weighted by Crippen LogP contribution is 2.29. The van der Waals surface area contributed by atoms with Crippen molar-refractivity contribution in [3.05, 3.63) is 107 Å². The highest BCUT2D eigenvalue weighted by molar-refractivity contribution is 5.87. The number of methoxy groups -OCH3 is 1. The molecule has 4 rings (SSSR count). The maximum atomic E-state index is 6.26. The second kappa shape index (κ2) is 11.6. The fraction of sp³-hybridized carbons (Fsp3) is 0.214. The number of ether oxygens (including phenoxy) is 2. The van der Waals surface area contributed by atoms with Crippen molar-refractivity contribution < 1.29 is 9.47 Å². The number of nitrogens with one attached hydrogen (secondary N) is 1. The van der Waals surface area contributed by atoms with Crippen molar-refractivity contribution in [2.45, 2.75) is 26.5 Å². The van der Waals surface area contributed by atoms with Gasteiger partial charge in [0.15, 0.2) is 0 Å². The summed E-state index contributed by atoms with van der Waals surface area (Å²) in [5.74, 6) is 1.83. The van der Waals surface area contributed by atoms with Gasteiger partial charge in [0.25, 0.3) is 0 Å². The van der Waals surface area contributed by atoms with Crippen LogP contribution in [0.3, 0.4) is 0 Å². The van der Waals surface area contributed by atoms with Gasteiger partial charge in [0.1, 0.15) is 18.1 Å². The van der Waals surface area contributed by atoms with Gasteiger partial charge in [0.05, 0.1) is 7.11 Å². The maximum Gasteiger partial charge on any atom is 0.124 e. The van der Waals surface area contributed by atoms with Crippen LogP contribution in [0.15, 0.2) is 84.9 Å². The summed E-state index contributed by atoms with van der Waals surface area (Å²) in [6.07, 6.45) is 0.967. The zero-order chi connectivity index (χ0) is 21.5. The Balaban J connectivity index is 0.00000289. The Bertz CT molecular complexity index is 1120. The molecule has 0 spiro atoms. The van der Waals surface area contributed by atoms with E-state index in [4.69, 9.17) is 9.47 Å². The smallest absolute Gasteiger partial charge is 0.124 e. The Morgan fingerprint density at radius 2 is 1.50 bits per heavy atom. The van der Waals surface area contributed by atoms with Crippen LogP contribution >= 0.6 is 12.4 Å². The summed E-state index contributed by atoms with van der Waals surface area (Å²) in [6.45, 7) is 4.33. The highest BCUT2D eigenvalue weighted by atomic mass is 35.5. The van der Waals surface area contributed by atoms with Crippen molar-refractivity contribution in [1.29, 1.82) is 0 Å². The Morgan fingerprint density at radius 1 is 0.781 bits per heavy atom. The van der Waals surface area contributed by atoms with Crippen LogP contribution in [0.4, 0.5) is 0 Å². The normalized spacial score (nSPS) is 10.6. The molecule has 0 aliphatic rings. The van der Waals surface area contributed by atoms with Crippen LogP contribution in [0.2, 0.25) is 0 Å². The Kier molecular flexibility index (Phi) is 8.55. The van der Waals surface area contributed by atoms with Crippen molar-refractivity contribution in [2.24, 2.45) is 0 Å². The number of hydrogen-bond donors (Lipinski definition) is 1. The molecule has 4 heteroatoms. The minimum atomic E-state index is 0. The molecule has 0 bridgehead atoms. The second-order valence-electron chi connectivity index (χ2n) is 7.81. The van der Waals surface area contributed by atoms with Gasteiger partial charge in [-0.1, -0.05) is 72.3 Å². The van der Waals surface area contributed by atoms with Crippen molar-refractivity contribution >= 4 is 23.2 Å². The molecule has 0 amide bonds. The first-order valence-corrected chi connectivity index (χ1v) is 10.8. The van der Waals surface area contributed by atoms with Crippen LogP contribution in [-0.2, 0) is 19.6 Å². The van der Waals surface area contributed by atoms with Crippen molar-refractivity contribution in [1.82, 2.24) is 5.32 Å². The van der Waals surface area contributed by atoms with Crippen molar-refractivity contribution in [3.8, 4) is 11.5 Å². The molecule has 4 aromatic carbocycles. The molecule has 1 N–H and O–H groups in total. The zero-order valence-corrected chi connectivity index (χ0v) is 19.5. The van der Waals surface area contributed by atoms with Crippen molar-refractivity contribution in [3.63, 3.8) is 0 Å². The van der Waals surface area contributed by atoms with Gasteiger partial charge in [-0.05, 0) is 60.0 Å². The van der Waals surface area contributed by atoms with E-state index in [1.54, 1.807) is 7.11 Å². The lowest BCUT2D eigenvalue weighted by Crippen LogP contribution is -2.17. The molecule has 0 aromatic heterocycles. The molecule has 4 aromatic rings. The number of rotatable bonds is 9. The summed E-state index contributed by atoms with van der Waals surface area (Å²) in [5, 5.41) is 6.08. The predicted octanol–water partition coefficient (Wildman–Crippen LogP) is 6.49. The summed E-state index contributed by atoms with van der Waals surface area (Å²) in [5.41, 5.74) is 4.94. The Hall–Kier alpha value is -3.01. The lowest BCUT2D eigenvalue weighted by atomic mass is 10.0. The SMILES string of the molecule is COc1ccc(CCNCc2c(OCc3ccc(C)cc3)ccc3ccccc23)cc1.Cl. The summed E-state index contributed by atoms with van der Waals surface area (Å²) < 4.78 is 11.5. The van der Waals surface area contributed by atoms with E-state index in [1.807, 2.05) is 12.1 Å². The van der Waals surface area contributed by atoms with Crippen LogP contribution in [0, 0.1) is 6.92 Å². The third kappa shape index (κ3) is 6.03. The molecule has 3 nitrogen and oxygen atoms in total. The van der Waals surface area contributed by atoms with Crippen molar-refractivity contribution in [2.75, 3.05) is 13.7 Å². The number of aryl methyl sites for hydroxylation is 1. The van der Waals surface area contributed by atoms with E-state index >= 15 is 0 Å². The van der Waals surface area contributed by atoms with Gasteiger partial charge in [-0.2, -0.15) is 0 Å². The van der Waals surface area contributed by atoms with E-state index in [2.05, 4.69) is 85.0 Å². The number of fused-ring (bicyclic) bond motifs is 1. The first kappa shape index (κ1) is 23.6. The molecule has 0 fully saturated rings. The van der Waals surface area contributed by atoms with E-state index in [-0.39, 0.29) is 12.4 Å². The standard InChI is InChI=1S/C28H29NO2.ClH/c1-21-7-9-23(10-8-21)20-31-28-16-13-24-5-3-4-6-26(24)27(28)19-29-18-17-22-11-14-25(30-2)15-12-22;/h3-16,29H,17-20H2,1-2H3;1H. The molecule has 0 unspecified atom stereocenters. The minimum Gasteiger partial charge on any atom is -0.497 e. The fourth-order valence-corrected chi connectivity index (χ4v) is 3.72. The average molecular weight is 448 g/mol. The van der Waals surface area contributed by atoms with E-state index in [0.29, 0.717) is 6.61 Å². The third-order valence-corrected chi connectivity index (χ3v) is 5.56. The molecular weight excluding hydrogens is 418 g/mol. The highest BCUT2D eigenvalue weighted by Gasteiger charge is 2.09. The van der Waals surface area contributed by atoms with Gasteiger partial charge < -0.3 is 14.8 Å². The number of benzene rings is 4. The van der Waals surface area contributed by atoms with Gasteiger partial charge in [0, 0.05) is 12.1 Å². The van der Waals surface area contributed by atoms with E-state index in [1.165, 1.54) is 33.0 Å². The molecule has 0 aliphatic carbocycles.